The number of aromatic nitrogens is 4. The van der Waals surface area contributed by atoms with Crippen molar-refractivity contribution in [3.05, 3.63) is 59.1 Å². The second kappa shape index (κ2) is 10.8. The summed E-state index contributed by atoms with van der Waals surface area (Å²) in [7, 11) is 0. The smallest absolute Gasteiger partial charge is 0.255 e. The van der Waals surface area contributed by atoms with Crippen molar-refractivity contribution in [2.45, 2.75) is 18.1 Å². The number of primary amides is 1. The summed E-state index contributed by atoms with van der Waals surface area (Å²) in [5, 5.41) is 16.6. The summed E-state index contributed by atoms with van der Waals surface area (Å²) in [6, 6.07) is 15.1. The number of tetrazole rings is 1. The highest BCUT2D eigenvalue weighted by Crippen LogP contribution is 2.23. The van der Waals surface area contributed by atoms with Crippen molar-refractivity contribution >= 4 is 29.3 Å². The number of carbonyl (C=O) groups is 1. The minimum atomic E-state index is -0.520. The number of ether oxygens (including phenoxy) is 1. The molecule has 8 nitrogen and oxygen atoms in total. The number of carbonyl (C=O) groups excluding carboxylic acids is 1. The minimum Gasteiger partial charge on any atom is -0.483 e. The Bertz CT molecular complexity index is 937. The summed E-state index contributed by atoms with van der Waals surface area (Å²) in [4.78, 5) is 10.9. The number of thioether (sulfide) groups is 1. The summed E-state index contributed by atoms with van der Waals surface area (Å²) < 4.78 is 7.16. The molecule has 0 bridgehead atoms. The maximum Gasteiger partial charge on any atom is 0.255 e. The van der Waals surface area contributed by atoms with E-state index < -0.39 is 5.91 Å². The van der Waals surface area contributed by atoms with E-state index in [4.69, 9.17) is 22.1 Å². The standard InChI is InChI=1S/C19H21ClN6O2S/c20-15-7-8-17(28-13-18(21)27)14(11-15)12-22-9-4-10-29-19-23-24-25-26(19)16-5-2-1-3-6-16/h1-3,5-8,11,22H,4,9-10,12-13H2,(H2,21,27). The van der Waals surface area contributed by atoms with E-state index in [1.807, 2.05) is 36.4 Å². The number of para-hydroxylation sites is 1. The van der Waals surface area contributed by atoms with Crippen LogP contribution in [0.2, 0.25) is 5.02 Å². The van der Waals surface area contributed by atoms with E-state index in [2.05, 4.69) is 20.8 Å². The van der Waals surface area contributed by atoms with Gasteiger partial charge in [-0.15, -0.1) is 5.10 Å². The molecule has 1 amide bonds. The third-order valence-corrected chi connectivity index (χ3v) is 5.12. The molecular weight excluding hydrogens is 412 g/mol. The Balaban J connectivity index is 1.44. The summed E-state index contributed by atoms with van der Waals surface area (Å²) in [6.45, 7) is 1.20. The molecule has 0 aliphatic rings. The number of amides is 1. The molecule has 1 aromatic heterocycles. The van der Waals surface area contributed by atoms with Gasteiger partial charge in [-0.3, -0.25) is 4.79 Å². The Morgan fingerprint density at radius 3 is 2.86 bits per heavy atom. The summed E-state index contributed by atoms with van der Waals surface area (Å²) >= 11 is 7.67. The predicted octanol–water partition coefficient (Wildman–Crippen LogP) is 2.45. The van der Waals surface area contributed by atoms with Gasteiger partial charge in [-0.25, -0.2) is 0 Å². The molecule has 3 N–H and O–H groups in total. The van der Waals surface area contributed by atoms with Gasteiger partial charge in [-0.1, -0.05) is 41.6 Å². The van der Waals surface area contributed by atoms with E-state index in [0.717, 1.165) is 35.1 Å². The normalized spacial score (nSPS) is 10.8. The number of hydrogen-bond donors (Lipinski definition) is 2. The van der Waals surface area contributed by atoms with E-state index in [0.29, 0.717) is 17.3 Å². The molecule has 0 aliphatic heterocycles. The summed E-state index contributed by atoms with van der Waals surface area (Å²) in [5.41, 5.74) is 6.95. The van der Waals surface area contributed by atoms with Gasteiger partial charge in [0.05, 0.1) is 5.69 Å². The fraction of sp³-hybridized carbons (Fsp3) is 0.263. The van der Waals surface area contributed by atoms with Gasteiger partial charge >= 0.3 is 0 Å². The summed E-state index contributed by atoms with van der Waals surface area (Å²) in [5.74, 6) is 0.937. The molecule has 0 saturated carbocycles. The van der Waals surface area contributed by atoms with Gasteiger partial charge in [0.1, 0.15) is 5.75 Å². The maximum absolute atomic E-state index is 10.9. The molecular formula is C19H21ClN6O2S. The van der Waals surface area contributed by atoms with Crippen molar-refractivity contribution < 1.29 is 9.53 Å². The first-order chi connectivity index (χ1) is 14.1. The molecule has 10 heteroatoms. The Labute approximate surface area is 177 Å². The van der Waals surface area contributed by atoms with Crippen molar-refractivity contribution in [3.63, 3.8) is 0 Å². The zero-order valence-electron chi connectivity index (χ0n) is 15.6. The molecule has 0 atom stereocenters. The first-order valence-electron chi connectivity index (χ1n) is 9.00. The number of benzene rings is 2. The molecule has 3 aromatic rings. The Kier molecular flexibility index (Phi) is 7.85. The van der Waals surface area contributed by atoms with Crippen molar-refractivity contribution in [2.75, 3.05) is 18.9 Å². The van der Waals surface area contributed by atoms with Gasteiger partial charge in [0, 0.05) is 22.9 Å². The monoisotopic (exact) mass is 432 g/mol. The highest BCUT2D eigenvalue weighted by Gasteiger charge is 2.09. The van der Waals surface area contributed by atoms with Gasteiger partial charge in [-0.2, -0.15) is 4.68 Å². The molecule has 0 aliphatic carbocycles. The van der Waals surface area contributed by atoms with E-state index in [-0.39, 0.29) is 6.61 Å². The number of nitrogens with zero attached hydrogens (tertiary/aromatic N) is 4. The van der Waals surface area contributed by atoms with Gasteiger partial charge in [0.15, 0.2) is 6.61 Å². The summed E-state index contributed by atoms with van der Waals surface area (Å²) in [6.07, 6.45) is 0.921. The van der Waals surface area contributed by atoms with Crippen LogP contribution >= 0.6 is 23.4 Å². The van der Waals surface area contributed by atoms with Gasteiger partial charge in [-0.05, 0) is 53.7 Å². The van der Waals surface area contributed by atoms with Gasteiger partial charge < -0.3 is 15.8 Å². The molecule has 0 radical (unpaired) electrons. The first kappa shape index (κ1) is 21.1. The zero-order chi connectivity index (χ0) is 20.5. The minimum absolute atomic E-state index is 0.165. The maximum atomic E-state index is 10.9. The first-order valence-corrected chi connectivity index (χ1v) is 10.4. The van der Waals surface area contributed by atoms with Crippen LogP contribution in [0.4, 0.5) is 0 Å². The van der Waals surface area contributed by atoms with E-state index in [9.17, 15) is 4.79 Å². The van der Waals surface area contributed by atoms with E-state index in [1.165, 1.54) is 0 Å². The second-order valence-electron chi connectivity index (χ2n) is 6.09. The average Bonchev–Trinajstić information content (AvgIpc) is 3.19. The Morgan fingerprint density at radius 1 is 1.24 bits per heavy atom. The number of nitrogens with two attached hydrogens (primary N) is 1. The molecule has 0 spiro atoms. The van der Waals surface area contributed by atoms with Crippen LogP contribution in [0.3, 0.4) is 0 Å². The van der Waals surface area contributed by atoms with Crippen molar-refractivity contribution in [2.24, 2.45) is 5.73 Å². The van der Waals surface area contributed by atoms with Crippen molar-refractivity contribution in [1.29, 1.82) is 0 Å². The van der Waals surface area contributed by atoms with Crippen LogP contribution in [0.1, 0.15) is 12.0 Å². The van der Waals surface area contributed by atoms with Crippen LogP contribution in [0.15, 0.2) is 53.7 Å². The highest BCUT2D eigenvalue weighted by molar-refractivity contribution is 7.99. The third-order valence-electron chi connectivity index (χ3n) is 3.88. The quantitative estimate of drug-likeness (QED) is 0.354. The molecule has 29 heavy (non-hydrogen) atoms. The Morgan fingerprint density at radius 2 is 2.07 bits per heavy atom. The molecule has 152 valence electrons. The fourth-order valence-electron chi connectivity index (χ4n) is 2.56. The SMILES string of the molecule is NC(=O)COc1ccc(Cl)cc1CNCCCSc1nnnn1-c1ccccc1. The van der Waals surface area contributed by atoms with Gasteiger partial charge in [0.25, 0.3) is 5.91 Å². The van der Waals surface area contributed by atoms with Gasteiger partial charge in [0.2, 0.25) is 5.16 Å². The predicted molar refractivity (Wildman–Crippen MR) is 112 cm³/mol. The molecule has 1 heterocycles. The highest BCUT2D eigenvalue weighted by atomic mass is 35.5. The lowest BCUT2D eigenvalue weighted by molar-refractivity contribution is -0.119. The molecule has 0 fully saturated rings. The average molecular weight is 433 g/mol. The van der Waals surface area contributed by atoms with Crippen molar-refractivity contribution in [3.8, 4) is 11.4 Å². The van der Waals surface area contributed by atoms with Crippen LogP contribution < -0.4 is 15.8 Å². The molecule has 3 rings (SSSR count). The number of halogens is 1. The zero-order valence-corrected chi connectivity index (χ0v) is 17.2. The fourth-order valence-corrected chi connectivity index (χ4v) is 3.58. The van der Waals surface area contributed by atoms with E-state index in [1.54, 1.807) is 28.6 Å². The lowest BCUT2D eigenvalue weighted by atomic mass is 10.2. The largest absolute Gasteiger partial charge is 0.483 e. The molecule has 0 saturated heterocycles. The van der Waals surface area contributed by atoms with E-state index >= 15 is 0 Å². The molecule has 0 unspecified atom stereocenters. The number of nitrogens with one attached hydrogen (secondary N) is 1. The number of hydrogen-bond acceptors (Lipinski definition) is 7. The third kappa shape index (κ3) is 6.45. The van der Waals surface area contributed by atoms with Crippen LogP contribution in [-0.4, -0.2) is 45.0 Å². The van der Waals surface area contributed by atoms with Crippen LogP contribution in [0.5, 0.6) is 5.75 Å². The number of rotatable bonds is 11. The lowest BCUT2D eigenvalue weighted by Gasteiger charge is -2.12. The van der Waals surface area contributed by atoms with Crippen LogP contribution in [0.25, 0.3) is 5.69 Å². The van der Waals surface area contributed by atoms with Crippen molar-refractivity contribution in [1.82, 2.24) is 25.5 Å². The molecule has 2 aromatic carbocycles. The lowest BCUT2D eigenvalue weighted by Crippen LogP contribution is -2.21. The van der Waals surface area contributed by atoms with Crippen LogP contribution in [0, 0.1) is 0 Å². The topological polar surface area (TPSA) is 108 Å². The second-order valence-corrected chi connectivity index (χ2v) is 7.59. The Hall–Kier alpha value is -2.62. The van der Waals surface area contributed by atoms with Crippen LogP contribution in [-0.2, 0) is 11.3 Å².